The van der Waals surface area contributed by atoms with Gasteiger partial charge in [-0.3, -0.25) is 14.5 Å². The molecule has 7 heteroatoms. The maximum atomic E-state index is 12.9. The molecule has 2 heterocycles. The summed E-state index contributed by atoms with van der Waals surface area (Å²) in [7, 11) is 0. The number of benzene rings is 1. The number of rotatable bonds is 4. The number of imide groups is 1. The van der Waals surface area contributed by atoms with E-state index in [2.05, 4.69) is 10.6 Å². The van der Waals surface area contributed by atoms with Crippen LogP contribution in [-0.2, 0) is 26.3 Å². The van der Waals surface area contributed by atoms with E-state index in [0.717, 1.165) is 41.9 Å². The highest BCUT2D eigenvalue weighted by atomic mass is 16.5. The largest absolute Gasteiger partial charge is 0.376 e. The van der Waals surface area contributed by atoms with Gasteiger partial charge in [-0.2, -0.15) is 0 Å². The molecule has 2 fully saturated rings. The molecule has 2 atom stereocenters. The zero-order chi connectivity index (χ0) is 17.4. The van der Waals surface area contributed by atoms with Crippen molar-refractivity contribution in [2.45, 2.75) is 37.3 Å². The van der Waals surface area contributed by atoms with Crippen molar-refractivity contribution in [1.29, 1.82) is 0 Å². The monoisotopic (exact) mass is 343 g/mol. The van der Waals surface area contributed by atoms with Crippen molar-refractivity contribution < 1.29 is 19.1 Å². The van der Waals surface area contributed by atoms with E-state index in [1.54, 1.807) is 0 Å². The van der Waals surface area contributed by atoms with Gasteiger partial charge in [-0.05, 0) is 36.8 Å². The minimum atomic E-state index is -1.01. The lowest BCUT2D eigenvalue weighted by molar-refractivity contribution is -0.135. The molecule has 4 rings (SSSR count). The number of hydrogen-bond donors (Lipinski definition) is 2. The van der Waals surface area contributed by atoms with Crippen molar-refractivity contribution in [3.05, 3.63) is 35.4 Å². The van der Waals surface area contributed by atoms with E-state index in [9.17, 15) is 14.4 Å². The zero-order valence-corrected chi connectivity index (χ0v) is 13.9. The summed E-state index contributed by atoms with van der Waals surface area (Å²) in [6.45, 7) is 0.868. The maximum Gasteiger partial charge on any atom is 0.325 e. The molecular formula is C18H21N3O4. The molecule has 1 aromatic carbocycles. The molecule has 0 unspecified atom stereocenters. The van der Waals surface area contributed by atoms with Gasteiger partial charge in [0.2, 0.25) is 5.91 Å². The van der Waals surface area contributed by atoms with Gasteiger partial charge < -0.3 is 15.4 Å². The topological polar surface area (TPSA) is 87.7 Å². The number of hydrogen-bond acceptors (Lipinski definition) is 4. The molecule has 1 spiro atoms. The Morgan fingerprint density at radius 2 is 2.20 bits per heavy atom. The predicted octanol–water partition coefficient (Wildman–Crippen LogP) is 0.675. The first kappa shape index (κ1) is 16.1. The normalized spacial score (nSPS) is 27.7. The van der Waals surface area contributed by atoms with Gasteiger partial charge in [-0.25, -0.2) is 4.79 Å². The fourth-order valence-corrected chi connectivity index (χ4v) is 3.97. The summed E-state index contributed by atoms with van der Waals surface area (Å²) < 4.78 is 5.46. The summed E-state index contributed by atoms with van der Waals surface area (Å²) in [5, 5.41) is 5.57. The van der Waals surface area contributed by atoms with Gasteiger partial charge in [0, 0.05) is 13.2 Å². The van der Waals surface area contributed by atoms with E-state index in [1.165, 1.54) is 0 Å². The Balaban J connectivity index is 1.44. The highest BCUT2D eigenvalue weighted by Crippen LogP contribution is 2.41. The van der Waals surface area contributed by atoms with E-state index in [1.807, 2.05) is 24.3 Å². The Bertz CT molecular complexity index is 729. The Morgan fingerprint density at radius 1 is 1.36 bits per heavy atom. The average Bonchev–Trinajstić information content (AvgIpc) is 3.31. The number of amides is 4. The van der Waals surface area contributed by atoms with Gasteiger partial charge in [-0.15, -0.1) is 0 Å². The van der Waals surface area contributed by atoms with Crippen molar-refractivity contribution in [3.63, 3.8) is 0 Å². The third-order valence-corrected chi connectivity index (χ3v) is 5.27. The van der Waals surface area contributed by atoms with Crippen molar-refractivity contribution in [1.82, 2.24) is 15.5 Å². The lowest BCUT2D eigenvalue weighted by atomic mass is 9.92. The third-order valence-electron chi connectivity index (χ3n) is 5.27. The van der Waals surface area contributed by atoms with E-state index in [-0.39, 0.29) is 24.5 Å². The molecule has 1 aliphatic carbocycles. The molecule has 2 N–H and O–H groups in total. The molecule has 132 valence electrons. The van der Waals surface area contributed by atoms with Crippen molar-refractivity contribution in [3.8, 4) is 0 Å². The summed E-state index contributed by atoms with van der Waals surface area (Å²) in [6, 6.07) is 7.13. The molecule has 0 saturated carbocycles. The number of fused-ring (bicyclic) bond motifs is 2. The number of nitrogens with one attached hydrogen (secondary N) is 2. The Hall–Kier alpha value is -2.41. The van der Waals surface area contributed by atoms with Gasteiger partial charge in [0.25, 0.3) is 5.91 Å². The summed E-state index contributed by atoms with van der Waals surface area (Å²) in [6.07, 6.45) is 3.21. The fraction of sp³-hybridized carbons (Fsp3) is 0.500. The lowest BCUT2D eigenvalue weighted by Gasteiger charge is -2.22. The number of ether oxygens (including phenoxy) is 1. The molecule has 2 aliphatic heterocycles. The first-order chi connectivity index (χ1) is 12.1. The number of urea groups is 1. The van der Waals surface area contributed by atoms with Gasteiger partial charge in [-0.1, -0.05) is 24.3 Å². The quantitative estimate of drug-likeness (QED) is 0.787. The van der Waals surface area contributed by atoms with Crippen LogP contribution in [0.3, 0.4) is 0 Å². The fourth-order valence-electron chi connectivity index (χ4n) is 3.97. The lowest BCUT2D eigenvalue weighted by Crippen LogP contribution is -2.44. The summed E-state index contributed by atoms with van der Waals surface area (Å²) in [4.78, 5) is 38.5. The highest BCUT2D eigenvalue weighted by molar-refractivity contribution is 6.09. The van der Waals surface area contributed by atoms with Crippen LogP contribution in [0.4, 0.5) is 4.79 Å². The van der Waals surface area contributed by atoms with Crippen LogP contribution in [0, 0.1) is 0 Å². The van der Waals surface area contributed by atoms with Gasteiger partial charge in [0.1, 0.15) is 12.1 Å². The number of aryl methyl sites for hydroxylation is 1. The van der Waals surface area contributed by atoms with Crippen LogP contribution in [0.2, 0.25) is 0 Å². The predicted molar refractivity (Wildman–Crippen MR) is 88.7 cm³/mol. The minimum Gasteiger partial charge on any atom is -0.376 e. The van der Waals surface area contributed by atoms with Crippen LogP contribution in [0.15, 0.2) is 24.3 Å². The highest BCUT2D eigenvalue weighted by Gasteiger charge is 2.55. The van der Waals surface area contributed by atoms with E-state index in [0.29, 0.717) is 13.0 Å². The standard InChI is InChI=1S/C18H21N3O4/c22-15(19-10-13-5-3-9-25-13)11-21-16(23)18(20-17(21)24)8-7-12-4-1-2-6-14(12)18/h1-2,4,6,13H,3,5,7-11H2,(H,19,22)(H,20,24)/t13-,18-/m0/s1. The number of carbonyl (C=O) groups is 3. The molecule has 25 heavy (non-hydrogen) atoms. The first-order valence-corrected chi connectivity index (χ1v) is 8.71. The number of nitrogens with zero attached hydrogens (tertiary/aromatic N) is 1. The summed E-state index contributed by atoms with van der Waals surface area (Å²) >= 11 is 0. The van der Waals surface area contributed by atoms with Gasteiger partial charge in [0.15, 0.2) is 0 Å². The Kier molecular flexibility index (Phi) is 3.95. The molecule has 3 aliphatic rings. The second kappa shape index (κ2) is 6.15. The van der Waals surface area contributed by atoms with Crippen LogP contribution in [0.25, 0.3) is 0 Å². The molecule has 0 bridgehead atoms. The molecule has 2 saturated heterocycles. The molecular weight excluding hydrogens is 322 g/mol. The second-order valence-electron chi connectivity index (χ2n) is 6.82. The zero-order valence-electron chi connectivity index (χ0n) is 13.9. The van der Waals surface area contributed by atoms with Crippen LogP contribution in [0.5, 0.6) is 0 Å². The molecule has 0 radical (unpaired) electrons. The van der Waals surface area contributed by atoms with Crippen molar-refractivity contribution >= 4 is 17.8 Å². The summed E-state index contributed by atoms with van der Waals surface area (Å²) in [5.74, 6) is -0.683. The van der Waals surface area contributed by atoms with Crippen LogP contribution in [0.1, 0.15) is 30.4 Å². The van der Waals surface area contributed by atoms with Gasteiger partial charge in [0.05, 0.1) is 6.10 Å². The van der Waals surface area contributed by atoms with Crippen LogP contribution >= 0.6 is 0 Å². The van der Waals surface area contributed by atoms with Gasteiger partial charge >= 0.3 is 6.03 Å². The maximum absolute atomic E-state index is 12.9. The van der Waals surface area contributed by atoms with E-state index < -0.39 is 11.6 Å². The summed E-state index contributed by atoms with van der Waals surface area (Å²) in [5.41, 5.74) is 0.902. The van der Waals surface area contributed by atoms with Crippen LogP contribution < -0.4 is 10.6 Å². The Labute approximate surface area is 145 Å². The molecule has 0 aromatic heterocycles. The van der Waals surface area contributed by atoms with E-state index >= 15 is 0 Å². The molecule has 4 amide bonds. The second-order valence-corrected chi connectivity index (χ2v) is 6.82. The minimum absolute atomic E-state index is 0.0279. The smallest absolute Gasteiger partial charge is 0.325 e. The average molecular weight is 343 g/mol. The van der Waals surface area contributed by atoms with E-state index in [4.69, 9.17) is 4.74 Å². The molecule has 7 nitrogen and oxygen atoms in total. The van der Waals surface area contributed by atoms with Crippen molar-refractivity contribution in [2.24, 2.45) is 0 Å². The van der Waals surface area contributed by atoms with Crippen molar-refractivity contribution in [2.75, 3.05) is 19.7 Å². The van der Waals surface area contributed by atoms with Crippen LogP contribution in [-0.4, -0.2) is 48.5 Å². The third kappa shape index (κ3) is 2.68. The first-order valence-electron chi connectivity index (χ1n) is 8.71. The SMILES string of the molecule is O=C(CN1C(=O)N[C@]2(CCc3ccccc32)C1=O)NC[C@@H]1CCCO1. The Morgan fingerprint density at radius 3 is 3.00 bits per heavy atom. The number of carbonyl (C=O) groups excluding carboxylic acids is 3. The molecule has 1 aromatic rings.